The first-order valence-electron chi connectivity index (χ1n) is 10.8. The monoisotopic (exact) mass is 382 g/mol. The van der Waals surface area contributed by atoms with Crippen molar-refractivity contribution in [2.24, 2.45) is 4.99 Å². The maximum Gasteiger partial charge on any atom is 0.193 e. The molecule has 26 heavy (non-hydrogen) atoms. The van der Waals surface area contributed by atoms with Gasteiger partial charge in [-0.15, -0.1) is 0 Å². The van der Waals surface area contributed by atoms with Crippen LogP contribution in [0.5, 0.6) is 0 Å². The highest BCUT2D eigenvalue weighted by Crippen LogP contribution is 2.42. The predicted octanol–water partition coefficient (Wildman–Crippen LogP) is 2.55. The number of hydrogen-bond acceptors (Lipinski definition) is 4. The van der Waals surface area contributed by atoms with E-state index in [0.29, 0.717) is 4.75 Å². The standard InChI is InChI=1S/C20H38N4OS/c1-2-21-19(22-11-6-12-23-13-7-18(25)8-14-23)24-15-16-26-20(17-24)9-4-3-5-10-20/h18,25H,2-17H2,1H3,(H,21,22). The molecule has 0 aromatic rings. The molecule has 3 rings (SSSR count). The van der Waals surface area contributed by atoms with Crippen molar-refractivity contribution in [2.75, 3.05) is 51.6 Å². The van der Waals surface area contributed by atoms with Gasteiger partial charge in [0.05, 0.1) is 6.10 Å². The number of aliphatic imine (C=N–C) groups is 1. The number of hydrogen-bond donors (Lipinski definition) is 2. The number of nitrogens with zero attached hydrogens (tertiary/aromatic N) is 3. The Morgan fingerprint density at radius 3 is 2.69 bits per heavy atom. The van der Waals surface area contributed by atoms with Crippen LogP contribution in [0.4, 0.5) is 0 Å². The molecule has 3 fully saturated rings. The Kier molecular flexibility index (Phi) is 7.94. The summed E-state index contributed by atoms with van der Waals surface area (Å²) in [4.78, 5) is 9.97. The van der Waals surface area contributed by atoms with Gasteiger partial charge in [-0.05, 0) is 45.6 Å². The average Bonchev–Trinajstić information content (AvgIpc) is 2.66. The molecule has 0 radical (unpaired) electrons. The Bertz CT molecular complexity index is 440. The van der Waals surface area contributed by atoms with Crippen LogP contribution in [0.25, 0.3) is 0 Å². The molecule has 0 atom stereocenters. The summed E-state index contributed by atoms with van der Waals surface area (Å²) in [5.41, 5.74) is 0. The van der Waals surface area contributed by atoms with Crippen LogP contribution in [-0.2, 0) is 0 Å². The highest BCUT2D eigenvalue weighted by Gasteiger charge is 2.38. The van der Waals surface area contributed by atoms with Gasteiger partial charge in [0.25, 0.3) is 0 Å². The van der Waals surface area contributed by atoms with Crippen molar-refractivity contribution in [2.45, 2.75) is 69.1 Å². The summed E-state index contributed by atoms with van der Waals surface area (Å²) in [6.45, 7) is 9.50. The largest absolute Gasteiger partial charge is 0.393 e. The molecule has 3 aliphatic rings. The molecular weight excluding hydrogens is 344 g/mol. The quantitative estimate of drug-likeness (QED) is 0.435. The Labute approximate surface area is 164 Å². The van der Waals surface area contributed by atoms with Crippen molar-refractivity contribution in [3.05, 3.63) is 0 Å². The van der Waals surface area contributed by atoms with E-state index in [2.05, 4.69) is 33.8 Å². The van der Waals surface area contributed by atoms with Gasteiger partial charge in [-0.3, -0.25) is 4.99 Å². The maximum atomic E-state index is 9.62. The first-order valence-corrected chi connectivity index (χ1v) is 11.8. The molecule has 0 aromatic carbocycles. The van der Waals surface area contributed by atoms with Gasteiger partial charge in [0.1, 0.15) is 0 Å². The Hall–Kier alpha value is -0.460. The molecule has 1 spiro atoms. The minimum atomic E-state index is -0.0753. The van der Waals surface area contributed by atoms with Gasteiger partial charge in [-0.25, -0.2) is 0 Å². The second-order valence-electron chi connectivity index (χ2n) is 8.18. The van der Waals surface area contributed by atoms with Crippen molar-refractivity contribution < 1.29 is 5.11 Å². The van der Waals surface area contributed by atoms with Gasteiger partial charge >= 0.3 is 0 Å². The molecule has 2 heterocycles. The number of likely N-dealkylation sites (tertiary alicyclic amines) is 1. The lowest BCUT2D eigenvalue weighted by atomic mass is 9.87. The Balaban J connectivity index is 1.48. The molecule has 1 aliphatic carbocycles. The number of piperidine rings is 1. The van der Waals surface area contributed by atoms with E-state index < -0.39 is 0 Å². The lowest BCUT2D eigenvalue weighted by Crippen LogP contribution is -2.53. The summed E-state index contributed by atoms with van der Waals surface area (Å²) in [6, 6.07) is 0. The normalized spacial score (nSPS) is 25.6. The number of aliphatic hydroxyl groups excluding tert-OH is 1. The zero-order valence-corrected chi connectivity index (χ0v) is 17.4. The summed E-state index contributed by atoms with van der Waals surface area (Å²) in [7, 11) is 0. The van der Waals surface area contributed by atoms with Crippen molar-refractivity contribution in [1.29, 1.82) is 0 Å². The van der Waals surface area contributed by atoms with E-state index in [-0.39, 0.29) is 6.10 Å². The van der Waals surface area contributed by atoms with Gasteiger partial charge in [-0.1, -0.05) is 19.3 Å². The van der Waals surface area contributed by atoms with E-state index >= 15 is 0 Å². The molecule has 2 aliphatic heterocycles. The lowest BCUT2D eigenvalue weighted by Gasteiger charge is -2.45. The molecule has 0 amide bonds. The number of guanidine groups is 1. The fourth-order valence-electron chi connectivity index (χ4n) is 4.57. The summed E-state index contributed by atoms with van der Waals surface area (Å²) in [5.74, 6) is 2.37. The van der Waals surface area contributed by atoms with Gasteiger partial charge in [-0.2, -0.15) is 11.8 Å². The summed E-state index contributed by atoms with van der Waals surface area (Å²) in [5, 5.41) is 13.2. The van der Waals surface area contributed by atoms with Crippen molar-refractivity contribution >= 4 is 17.7 Å². The minimum Gasteiger partial charge on any atom is -0.393 e. The molecule has 0 aromatic heterocycles. The first-order chi connectivity index (χ1) is 12.7. The van der Waals surface area contributed by atoms with Gasteiger partial charge in [0.15, 0.2) is 5.96 Å². The second kappa shape index (κ2) is 10.2. The number of aliphatic hydroxyl groups is 1. The van der Waals surface area contributed by atoms with E-state index in [0.717, 1.165) is 64.5 Å². The zero-order chi connectivity index (χ0) is 18.2. The van der Waals surface area contributed by atoms with Crippen LogP contribution in [0.15, 0.2) is 4.99 Å². The van der Waals surface area contributed by atoms with Crippen LogP contribution in [0.1, 0.15) is 58.3 Å². The Morgan fingerprint density at radius 2 is 1.96 bits per heavy atom. The predicted molar refractivity (Wildman–Crippen MR) is 112 cm³/mol. The molecule has 6 heteroatoms. The molecular formula is C20H38N4OS. The third kappa shape index (κ3) is 5.77. The molecule has 1 saturated carbocycles. The molecule has 0 unspecified atom stereocenters. The van der Waals surface area contributed by atoms with Gasteiger partial charge in [0.2, 0.25) is 0 Å². The molecule has 0 bridgehead atoms. The highest BCUT2D eigenvalue weighted by molar-refractivity contribution is 8.00. The highest BCUT2D eigenvalue weighted by atomic mass is 32.2. The number of thioether (sulfide) groups is 1. The molecule has 2 saturated heterocycles. The van der Waals surface area contributed by atoms with Crippen LogP contribution >= 0.6 is 11.8 Å². The van der Waals surface area contributed by atoms with E-state index in [1.807, 2.05) is 0 Å². The van der Waals surface area contributed by atoms with Gasteiger partial charge < -0.3 is 20.2 Å². The molecule has 2 N–H and O–H groups in total. The van der Waals surface area contributed by atoms with E-state index in [4.69, 9.17) is 4.99 Å². The van der Waals surface area contributed by atoms with Crippen LogP contribution in [0, 0.1) is 0 Å². The van der Waals surface area contributed by atoms with E-state index in [9.17, 15) is 5.11 Å². The van der Waals surface area contributed by atoms with Crippen LogP contribution < -0.4 is 5.32 Å². The van der Waals surface area contributed by atoms with Crippen molar-refractivity contribution in [3.63, 3.8) is 0 Å². The average molecular weight is 383 g/mol. The van der Waals surface area contributed by atoms with E-state index in [1.54, 1.807) is 0 Å². The number of rotatable bonds is 5. The summed E-state index contributed by atoms with van der Waals surface area (Å²) < 4.78 is 0.487. The van der Waals surface area contributed by atoms with Crippen molar-refractivity contribution in [1.82, 2.24) is 15.1 Å². The lowest BCUT2D eigenvalue weighted by molar-refractivity contribution is 0.0824. The van der Waals surface area contributed by atoms with Crippen LogP contribution in [-0.4, -0.2) is 83.3 Å². The SMILES string of the molecule is CCNC(=NCCCN1CCC(O)CC1)N1CCSC2(CCCCC2)C1. The fourth-order valence-corrected chi connectivity index (χ4v) is 6.14. The zero-order valence-electron chi connectivity index (χ0n) is 16.6. The minimum absolute atomic E-state index is 0.0753. The van der Waals surface area contributed by atoms with Crippen molar-refractivity contribution in [3.8, 4) is 0 Å². The number of nitrogens with one attached hydrogen (secondary N) is 1. The third-order valence-corrected chi connectivity index (χ3v) is 7.64. The maximum absolute atomic E-state index is 9.62. The Morgan fingerprint density at radius 1 is 1.19 bits per heavy atom. The third-order valence-electron chi connectivity index (χ3n) is 6.10. The van der Waals surface area contributed by atoms with Crippen LogP contribution in [0.2, 0.25) is 0 Å². The van der Waals surface area contributed by atoms with Gasteiger partial charge in [0, 0.05) is 49.8 Å². The van der Waals surface area contributed by atoms with Crippen LogP contribution in [0.3, 0.4) is 0 Å². The first kappa shape index (κ1) is 20.3. The second-order valence-corrected chi connectivity index (χ2v) is 9.74. The fraction of sp³-hybridized carbons (Fsp3) is 0.950. The molecule has 5 nitrogen and oxygen atoms in total. The summed E-state index contributed by atoms with van der Waals surface area (Å²) >= 11 is 2.22. The summed E-state index contributed by atoms with van der Waals surface area (Å²) in [6.07, 6.45) is 9.89. The topological polar surface area (TPSA) is 51.1 Å². The van der Waals surface area contributed by atoms with E-state index in [1.165, 1.54) is 44.4 Å². The smallest absolute Gasteiger partial charge is 0.193 e. The molecule has 150 valence electrons.